The van der Waals surface area contributed by atoms with E-state index in [0.717, 1.165) is 17.5 Å². The monoisotopic (exact) mass is 135 g/mol. The van der Waals surface area contributed by atoms with Gasteiger partial charge in [-0.25, -0.2) is 0 Å². The molecule has 50 valence electrons. The summed E-state index contributed by atoms with van der Waals surface area (Å²) >= 11 is 0. The van der Waals surface area contributed by atoms with Crippen molar-refractivity contribution in [3.63, 3.8) is 0 Å². The molecule has 2 aliphatic rings. The van der Waals surface area contributed by atoms with E-state index < -0.39 is 0 Å². The lowest BCUT2D eigenvalue weighted by atomic mass is 9.90. The Morgan fingerprint density at radius 2 is 2.00 bits per heavy atom. The van der Waals surface area contributed by atoms with E-state index in [1.165, 1.54) is 0 Å². The highest BCUT2D eigenvalue weighted by Gasteiger charge is 2.27. The lowest BCUT2D eigenvalue weighted by Gasteiger charge is -2.14. The van der Waals surface area contributed by atoms with Gasteiger partial charge in [0.2, 0.25) is 0 Å². The normalized spacial score (nSPS) is 12.4. The summed E-state index contributed by atoms with van der Waals surface area (Å²) in [6.07, 6.45) is 0.785. The molecule has 0 radical (unpaired) electrons. The van der Waals surface area contributed by atoms with Gasteiger partial charge in [-0.3, -0.25) is 10.1 Å². The zero-order chi connectivity index (χ0) is 7.14. The van der Waals surface area contributed by atoms with Gasteiger partial charge in [0.15, 0.2) is 0 Å². The molecule has 0 saturated carbocycles. The smallest absolute Gasteiger partial charge is 0.258 e. The molecular formula is C7H5NO2. The number of nitro benzene ring substituents is 1. The van der Waals surface area contributed by atoms with Gasteiger partial charge < -0.3 is 0 Å². The van der Waals surface area contributed by atoms with Gasteiger partial charge in [-0.1, -0.05) is 18.2 Å². The fourth-order valence-corrected chi connectivity index (χ4v) is 1.26. The van der Waals surface area contributed by atoms with Crippen LogP contribution in [0, 0.1) is 10.1 Å². The third kappa shape index (κ3) is 0.492. The molecule has 0 fully saturated rings. The van der Waals surface area contributed by atoms with Gasteiger partial charge in [0.05, 0.1) is 4.92 Å². The first-order chi connectivity index (χ1) is 4.79. The summed E-state index contributed by atoms with van der Waals surface area (Å²) in [5.74, 6) is 0. The van der Waals surface area contributed by atoms with Gasteiger partial charge in [-0.15, -0.1) is 0 Å². The van der Waals surface area contributed by atoms with Crippen LogP contribution in [0.5, 0.6) is 0 Å². The number of hydrogen-bond acceptors (Lipinski definition) is 2. The largest absolute Gasteiger partial charge is 0.276 e. The van der Waals surface area contributed by atoms with Crippen molar-refractivity contribution >= 4 is 5.69 Å². The van der Waals surface area contributed by atoms with E-state index in [1.807, 2.05) is 6.07 Å². The standard InChI is InChI=1S/C7H5NO2/c9-8(10)7-5-2-1-3-6(7)4-5/h1-3H,4H2. The topological polar surface area (TPSA) is 43.1 Å². The summed E-state index contributed by atoms with van der Waals surface area (Å²) < 4.78 is 0. The zero-order valence-electron chi connectivity index (χ0n) is 5.20. The number of nitrogens with zero attached hydrogens (tertiary/aromatic N) is 1. The van der Waals surface area contributed by atoms with Crippen LogP contribution >= 0.6 is 0 Å². The molecule has 0 amide bonds. The van der Waals surface area contributed by atoms with Crippen molar-refractivity contribution < 1.29 is 4.92 Å². The molecule has 1 aromatic carbocycles. The molecular weight excluding hydrogens is 130 g/mol. The third-order valence-corrected chi connectivity index (χ3v) is 1.77. The zero-order valence-corrected chi connectivity index (χ0v) is 5.20. The van der Waals surface area contributed by atoms with E-state index in [9.17, 15) is 10.1 Å². The number of para-hydroxylation sites is 1. The predicted molar refractivity (Wildman–Crippen MR) is 35.9 cm³/mol. The summed E-state index contributed by atoms with van der Waals surface area (Å²) in [4.78, 5) is 9.96. The van der Waals surface area contributed by atoms with Gasteiger partial charge in [0.25, 0.3) is 5.69 Å². The van der Waals surface area contributed by atoms with Crippen LogP contribution in [-0.2, 0) is 6.42 Å². The van der Waals surface area contributed by atoms with E-state index >= 15 is 0 Å². The van der Waals surface area contributed by atoms with Crippen LogP contribution in [0.4, 0.5) is 5.69 Å². The van der Waals surface area contributed by atoms with Crippen molar-refractivity contribution in [2.45, 2.75) is 6.42 Å². The molecule has 0 aliphatic heterocycles. The van der Waals surface area contributed by atoms with Crippen molar-refractivity contribution in [3.05, 3.63) is 39.4 Å². The van der Waals surface area contributed by atoms with Crippen LogP contribution in [0.3, 0.4) is 0 Å². The molecule has 3 heteroatoms. The molecule has 0 aromatic heterocycles. The van der Waals surface area contributed by atoms with Gasteiger partial charge in [-0.2, -0.15) is 0 Å². The molecule has 0 N–H and O–H groups in total. The predicted octanol–water partition coefficient (Wildman–Crippen LogP) is 1.50. The Morgan fingerprint density at radius 1 is 1.40 bits per heavy atom. The fraction of sp³-hybridized carbons (Fsp3) is 0.143. The maximum Gasteiger partial charge on any atom is 0.276 e. The van der Waals surface area contributed by atoms with Crippen LogP contribution < -0.4 is 0 Å². The second-order valence-corrected chi connectivity index (χ2v) is 2.36. The Kier molecular flexibility index (Phi) is 0.845. The minimum absolute atomic E-state index is 0.311. The number of hydrogen-bond donors (Lipinski definition) is 0. The number of benzene rings is 1. The number of nitro groups is 1. The van der Waals surface area contributed by atoms with Gasteiger partial charge in [-0.05, 0) is 0 Å². The van der Waals surface area contributed by atoms with E-state index in [4.69, 9.17) is 0 Å². The Hall–Kier alpha value is -1.38. The molecule has 0 heterocycles. The second kappa shape index (κ2) is 1.56. The fourth-order valence-electron chi connectivity index (χ4n) is 1.26. The van der Waals surface area contributed by atoms with Crippen molar-refractivity contribution in [1.29, 1.82) is 0 Å². The Morgan fingerprint density at radius 3 is 2.30 bits per heavy atom. The molecule has 0 unspecified atom stereocenters. The molecule has 3 rings (SSSR count). The first-order valence-electron chi connectivity index (χ1n) is 3.04. The highest BCUT2D eigenvalue weighted by atomic mass is 16.6. The van der Waals surface area contributed by atoms with Gasteiger partial charge in [0.1, 0.15) is 0 Å². The molecule has 0 spiro atoms. The summed E-state index contributed by atoms with van der Waals surface area (Å²) in [6, 6.07) is 5.44. The summed E-state index contributed by atoms with van der Waals surface area (Å²) in [7, 11) is 0. The second-order valence-electron chi connectivity index (χ2n) is 2.36. The van der Waals surface area contributed by atoms with Crippen LogP contribution in [-0.4, -0.2) is 4.92 Å². The molecule has 2 bridgehead atoms. The van der Waals surface area contributed by atoms with Crippen LogP contribution in [0.2, 0.25) is 0 Å². The summed E-state index contributed by atoms with van der Waals surface area (Å²) in [5, 5.41) is 10.3. The molecule has 2 aliphatic carbocycles. The Labute approximate surface area is 57.4 Å². The molecule has 3 nitrogen and oxygen atoms in total. The number of rotatable bonds is 1. The average Bonchev–Trinajstić information content (AvgIpc) is 1.87. The highest BCUT2D eigenvalue weighted by molar-refractivity contribution is 5.59. The molecule has 10 heavy (non-hydrogen) atoms. The quantitative estimate of drug-likeness (QED) is 0.439. The maximum atomic E-state index is 10.3. The lowest BCUT2D eigenvalue weighted by molar-refractivity contribution is -0.388. The molecule has 1 aromatic rings. The summed E-state index contributed by atoms with van der Waals surface area (Å²) in [6.45, 7) is 0. The van der Waals surface area contributed by atoms with Crippen LogP contribution in [0.1, 0.15) is 11.1 Å². The van der Waals surface area contributed by atoms with Gasteiger partial charge >= 0.3 is 0 Å². The van der Waals surface area contributed by atoms with Gasteiger partial charge in [0, 0.05) is 17.5 Å². The number of fused-ring (bicyclic) bond motifs is 2. The van der Waals surface area contributed by atoms with Crippen molar-refractivity contribution in [1.82, 2.24) is 0 Å². The minimum Gasteiger partial charge on any atom is -0.258 e. The highest BCUT2D eigenvalue weighted by Crippen LogP contribution is 2.35. The average molecular weight is 135 g/mol. The van der Waals surface area contributed by atoms with E-state index in [-0.39, 0.29) is 4.92 Å². The lowest BCUT2D eigenvalue weighted by Crippen LogP contribution is -2.09. The minimum atomic E-state index is -0.311. The SMILES string of the molecule is O=[N+]([O-])c1c2cccc1C2. The summed E-state index contributed by atoms with van der Waals surface area (Å²) in [5.41, 5.74) is 2.05. The van der Waals surface area contributed by atoms with E-state index in [1.54, 1.807) is 12.1 Å². The molecule has 0 atom stereocenters. The van der Waals surface area contributed by atoms with Crippen molar-refractivity contribution in [3.8, 4) is 0 Å². The van der Waals surface area contributed by atoms with E-state index in [0.29, 0.717) is 5.69 Å². The van der Waals surface area contributed by atoms with Crippen LogP contribution in [0.25, 0.3) is 0 Å². The Bertz CT molecular complexity index is 286. The van der Waals surface area contributed by atoms with E-state index in [2.05, 4.69) is 0 Å². The van der Waals surface area contributed by atoms with Crippen LogP contribution in [0.15, 0.2) is 18.2 Å². The molecule has 0 saturated heterocycles. The third-order valence-electron chi connectivity index (χ3n) is 1.77. The van der Waals surface area contributed by atoms with Crippen molar-refractivity contribution in [2.75, 3.05) is 0 Å². The first-order valence-corrected chi connectivity index (χ1v) is 3.04. The Balaban J connectivity index is 2.60. The maximum absolute atomic E-state index is 10.3. The first kappa shape index (κ1) is 5.41. The van der Waals surface area contributed by atoms with Crippen molar-refractivity contribution in [2.24, 2.45) is 0 Å².